The summed E-state index contributed by atoms with van der Waals surface area (Å²) in [5.41, 5.74) is 5.33. The van der Waals surface area contributed by atoms with E-state index in [2.05, 4.69) is 16.2 Å². The van der Waals surface area contributed by atoms with Crippen LogP contribution >= 0.6 is 0 Å². The standard InChI is InChI=1S/C22H25N3O5/c1-14(2)12-19(26)23-20(15-8-4-3-5-9-15)22(28)25-24-21(27)18-13-29-16-10-6-7-11-17(16)30-18/h3-11,14,18,20H,12-13H2,1-2H3,(H,23,26)(H,24,27)(H,25,28). The first-order valence-corrected chi connectivity index (χ1v) is 9.76. The number of ether oxygens (including phenoxy) is 2. The predicted octanol–water partition coefficient (Wildman–Crippen LogP) is 1.88. The van der Waals surface area contributed by atoms with Gasteiger partial charge >= 0.3 is 0 Å². The van der Waals surface area contributed by atoms with E-state index in [0.717, 1.165) is 0 Å². The minimum absolute atomic E-state index is 0.0198. The molecule has 0 aliphatic carbocycles. The van der Waals surface area contributed by atoms with Gasteiger partial charge < -0.3 is 14.8 Å². The molecule has 0 spiro atoms. The van der Waals surface area contributed by atoms with Gasteiger partial charge in [-0.3, -0.25) is 25.2 Å². The number of hydrogen-bond donors (Lipinski definition) is 3. The van der Waals surface area contributed by atoms with Gasteiger partial charge in [-0.15, -0.1) is 0 Å². The first kappa shape index (κ1) is 21.2. The van der Waals surface area contributed by atoms with Crippen LogP contribution in [0.3, 0.4) is 0 Å². The molecule has 0 fully saturated rings. The van der Waals surface area contributed by atoms with Gasteiger partial charge in [0, 0.05) is 6.42 Å². The quantitative estimate of drug-likeness (QED) is 0.630. The molecule has 0 bridgehead atoms. The van der Waals surface area contributed by atoms with E-state index in [0.29, 0.717) is 17.1 Å². The topological polar surface area (TPSA) is 106 Å². The molecule has 0 radical (unpaired) electrons. The number of fused-ring (bicyclic) bond motifs is 1. The molecule has 2 atom stereocenters. The van der Waals surface area contributed by atoms with Gasteiger partial charge in [-0.25, -0.2) is 0 Å². The van der Waals surface area contributed by atoms with E-state index >= 15 is 0 Å². The number of benzene rings is 2. The maximum Gasteiger partial charge on any atom is 0.283 e. The Labute approximate surface area is 174 Å². The fourth-order valence-electron chi connectivity index (χ4n) is 2.96. The third kappa shape index (κ3) is 5.50. The predicted molar refractivity (Wildman–Crippen MR) is 109 cm³/mol. The van der Waals surface area contributed by atoms with E-state index in [1.807, 2.05) is 19.9 Å². The smallest absolute Gasteiger partial charge is 0.283 e. The van der Waals surface area contributed by atoms with E-state index in [9.17, 15) is 14.4 Å². The summed E-state index contributed by atoms with van der Waals surface area (Å²) in [5.74, 6) is -0.209. The lowest BCUT2D eigenvalue weighted by molar-refractivity contribution is -0.136. The maximum absolute atomic E-state index is 12.7. The number of rotatable bonds is 6. The molecule has 3 amide bonds. The number of hydrazine groups is 1. The zero-order valence-corrected chi connectivity index (χ0v) is 16.9. The Morgan fingerprint density at radius 2 is 1.63 bits per heavy atom. The lowest BCUT2D eigenvalue weighted by Gasteiger charge is -2.26. The van der Waals surface area contributed by atoms with Crippen LogP contribution in [0, 0.1) is 5.92 Å². The van der Waals surface area contributed by atoms with E-state index in [-0.39, 0.29) is 24.9 Å². The molecule has 158 valence electrons. The van der Waals surface area contributed by atoms with Crippen molar-refractivity contribution in [2.24, 2.45) is 5.92 Å². The number of hydrogen-bond acceptors (Lipinski definition) is 5. The van der Waals surface area contributed by atoms with Crippen LogP contribution in [0.5, 0.6) is 11.5 Å². The average molecular weight is 411 g/mol. The Kier molecular flexibility index (Phi) is 6.90. The molecular weight excluding hydrogens is 386 g/mol. The summed E-state index contributed by atoms with van der Waals surface area (Å²) in [7, 11) is 0. The summed E-state index contributed by atoms with van der Waals surface area (Å²) < 4.78 is 11.1. The number of carbonyl (C=O) groups is 3. The SMILES string of the molecule is CC(C)CC(=O)NC(C(=O)NNC(=O)C1COc2ccccc2O1)c1ccccc1. The van der Waals surface area contributed by atoms with Crippen molar-refractivity contribution in [3.05, 3.63) is 60.2 Å². The molecule has 0 aromatic heterocycles. The zero-order valence-electron chi connectivity index (χ0n) is 16.9. The van der Waals surface area contributed by atoms with Crippen LogP contribution in [0.25, 0.3) is 0 Å². The van der Waals surface area contributed by atoms with E-state index in [1.165, 1.54) is 0 Å². The van der Waals surface area contributed by atoms with Gasteiger partial charge in [-0.1, -0.05) is 56.3 Å². The Morgan fingerprint density at radius 1 is 0.967 bits per heavy atom. The molecule has 8 heteroatoms. The lowest BCUT2D eigenvalue weighted by Crippen LogP contribution is -2.53. The fourth-order valence-corrected chi connectivity index (χ4v) is 2.96. The Hall–Kier alpha value is -3.55. The summed E-state index contributed by atoms with van der Waals surface area (Å²) in [6.07, 6.45) is -0.624. The summed E-state index contributed by atoms with van der Waals surface area (Å²) in [5, 5.41) is 2.72. The van der Waals surface area contributed by atoms with Crippen molar-refractivity contribution in [3.8, 4) is 11.5 Å². The highest BCUT2D eigenvalue weighted by atomic mass is 16.6. The molecule has 2 unspecified atom stereocenters. The van der Waals surface area contributed by atoms with Gasteiger partial charge in [0.1, 0.15) is 12.6 Å². The van der Waals surface area contributed by atoms with Crippen molar-refractivity contribution >= 4 is 17.7 Å². The van der Waals surface area contributed by atoms with Crippen LogP contribution in [0.1, 0.15) is 31.9 Å². The van der Waals surface area contributed by atoms with Gasteiger partial charge in [-0.2, -0.15) is 0 Å². The minimum Gasteiger partial charge on any atom is -0.485 e. The number of amides is 3. The second-order valence-corrected chi connectivity index (χ2v) is 7.35. The first-order chi connectivity index (χ1) is 14.4. The van der Waals surface area contributed by atoms with Crippen LogP contribution in [-0.2, 0) is 14.4 Å². The van der Waals surface area contributed by atoms with E-state index in [4.69, 9.17) is 9.47 Å². The van der Waals surface area contributed by atoms with Crippen LogP contribution in [0.2, 0.25) is 0 Å². The minimum atomic E-state index is -0.943. The molecule has 1 heterocycles. The molecule has 30 heavy (non-hydrogen) atoms. The van der Waals surface area contributed by atoms with Gasteiger partial charge in [0.2, 0.25) is 12.0 Å². The highest BCUT2D eigenvalue weighted by molar-refractivity contribution is 5.91. The van der Waals surface area contributed by atoms with Crippen LogP contribution in [0.15, 0.2) is 54.6 Å². The van der Waals surface area contributed by atoms with Gasteiger partial charge in [0.05, 0.1) is 0 Å². The monoisotopic (exact) mass is 411 g/mol. The highest BCUT2D eigenvalue weighted by Crippen LogP contribution is 2.30. The Bertz CT molecular complexity index is 901. The maximum atomic E-state index is 12.7. The van der Waals surface area contributed by atoms with Gasteiger partial charge in [0.15, 0.2) is 11.5 Å². The van der Waals surface area contributed by atoms with E-state index in [1.54, 1.807) is 48.5 Å². The molecule has 0 saturated carbocycles. The van der Waals surface area contributed by atoms with E-state index < -0.39 is 24.0 Å². The molecule has 3 rings (SSSR count). The molecule has 2 aromatic carbocycles. The van der Waals surface area contributed by atoms with Crippen molar-refractivity contribution in [1.29, 1.82) is 0 Å². The Balaban J connectivity index is 1.61. The molecule has 2 aromatic rings. The molecule has 3 N–H and O–H groups in total. The molecule has 1 aliphatic rings. The second-order valence-electron chi connectivity index (χ2n) is 7.35. The van der Waals surface area contributed by atoms with Crippen molar-refractivity contribution in [2.75, 3.05) is 6.61 Å². The summed E-state index contributed by atoms with van der Waals surface area (Å²) in [6, 6.07) is 14.9. The van der Waals surface area contributed by atoms with Gasteiger partial charge in [0.25, 0.3) is 11.8 Å². The number of para-hydroxylation sites is 2. The van der Waals surface area contributed by atoms with Crippen molar-refractivity contribution in [2.45, 2.75) is 32.4 Å². The normalized spacial score (nSPS) is 15.8. The van der Waals surface area contributed by atoms with Crippen LogP contribution in [-0.4, -0.2) is 30.4 Å². The van der Waals surface area contributed by atoms with Crippen LogP contribution in [0.4, 0.5) is 0 Å². The number of carbonyl (C=O) groups excluding carboxylic acids is 3. The molecule has 1 aliphatic heterocycles. The number of nitrogens with one attached hydrogen (secondary N) is 3. The second kappa shape index (κ2) is 9.78. The van der Waals surface area contributed by atoms with Gasteiger partial charge in [-0.05, 0) is 23.6 Å². The summed E-state index contributed by atoms with van der Waals surface area (Å²) in [6.45, 7) is 3.86. The van der Waals surface area contributed by atoms with Crippen molar-refractivity contribution in [1.82, 2.24) is 16.2 Å². The molecule has 8 nitrogen and oxygen atoms in total. The average Bonchev–Trinajstić information content (AvgIpc) is 2.75. The summed E-state index contributed by atoms with van der Waals surface area (Å²) in [4.78, 5) is 37.4. The highest BCUT2D eigenvalue weighted by Gasteiger charge is 2.29. The third-order valence-electron chi connectivity index (χ3n) is 4.40. The van der Waals surface area contributed by atoms with Crippen LogP contribution < -0.4 is 25.6 Å². The Morgan fingerprint density at radius 3 is 2.33 bits per heavy atom. The van der Waals surface area contributed by atoms with Crippen molar-refractivity contribution < 1.29 is 23.9 Å². The zero-order chi connectivity index (χ0) is 21.5. The molecule has 0 saturated heterocycles. The van der Waals surface area contributed by atoms with Crippen molar-refractivity contribution in [3.63, 3.8) is 0 Å². The molecular formula is C22H25N3O5. The largest absolute Gasteiger partial charge is 0.485 e. The lowest BCUT2D eigenvalue weighted by atomic mass is 10.0. The summed E-state index contributed by atoms with van der Waals surface area (Å²) >= 11 is 0. The third-order valence-corrected chi connectivity index (χ3v) is 4.40. The fraction of sp³-hybridized carbons (Fsp3) is 0.318. The first-order valence-electron chi connectivity index (χ1n) is 9.76.